The van der Waals surface area contributed by atoms with Crippen molar-refractivity contribution in [3.63, 3.8) is 0 Å². The summed E-state index contributed by atoms with van der Waals surface area (Å²) in [6.45, 7) is 4.81. The molecule has 0 saturated carbocycles. The van der Waals surface area contributed by atoms with E-state index in [1.807, 2.05) is 31.3 Å². The number of carbonyl (C=O) groups excluding carboxylic acids is 1. The Kier molecular flexibility index (Phi) is 5.09. The van der Waals surface area contributed by atoms with Crippen molar-refractivity contribution in [3.05, 3.63) is 24.3 Å². The zero-order valence-corrected chi connectivity index (χ0v) is 13.3. The lowest BCUT2D eigenvalue weighted by molar-refractivity contribution is -0.123. The minimum Gasteiger partial charge on any atom is -0.466 e. The van der Waals surface area contributed by atoms with Gasteiger partial charge in [0.1, 0.15) is 0 Å². The van der Waals surface area contributed by atoms with Crippen molar-refractivity contribution < 1.29 is 14.3 Å². The van der Waals surface area contributed by atoms with E-state index in [0.29, 0.717) is 12.4 Å². The number of amides is 1. The molecule has 3 rings (SSSR count). The third kappa shape index (κ3) is 4.00. The van der Waals surface area contributed by atoms with Crippen LogP contribution in [0.2, 0.25) is 0 Å². The fraction of sp³-hybridized carbons (Fsp3) is 0.500. The van der Waals surface area contributed by atoms with Gasteiger partial charge in [-0.25, -0.2) is 0 Å². The SMILES string of the molecule is Cn1nc(OCC(=O)NCCN2CCOCC2)c2ccccc21. The Morgan fingerprint density at radius 2 is 2.13 bits per heavy atom. The average molecular weight is 318 g/mol. The molecule has 1 aliphatic heterocycles. The maximum Gasteiger partial charge on any atom is 0.258 e. The summed E-state index contributed by atoms with van der Waals surface area (Å²) in [6, 6.07) is 7.79. The molecule has 1 aromatic heterocycles. The van der Waals surface area contributed by atoms with Gasteiger partial charge in [0.2, 0.25) is 5.88 Å². The Labute approximate surface area is 135 Å². The highest BCUT2D eigenvalue weighted by Crippen LogP contribution is 2.23. The quantitative estimate of drug-likeness (QED) is 0.835. The Bertz CT molecular complexity index is 664. The molecule has 0 aliphatic carbocycles. The van der Waals surface area contributed by atoms with Gasteiger partial charge in [0.25, 0.3) is 5.91 Å². The Morgan fingerprint density at radius 1 is 1.35 bits per heavy atom. The molecule has 23 heavy (non-hydrogen) atoms. The van der Waals surface area contributed by atoms with Crippen LogP contribution in [-0.4, -0.2) is 66.6 Å². The van der Waals surface area contributed by atoms with Crippen LogP contribution in [0.1, 0.15) is 0 Å². The second-order valence-electron chi connectivity index (χ2n) is 5.54. The van der Waals surface area contributed by atoms with Crippen LogP contribution in [0.25, 0.3) is 10.9 Å². The molecule has 0 spiro atoms. The summed E-state index contributed by atoms with van der Waals surface area (Å²) in [5, 5.41) is 8.09. The van der Waals surface area contributed by atoms with Crippen LogP contribution in [0.15, 0.2) is 24.3 Å². The topological polar surface area (TPSA) is 68.6 Å². The molecule has 1 amide bonds. The van der Waals surface area contributed by atoms with Gasteiger partial charge in [0, 0.05) is 33.2 Å². The summed E-state index contributed by atoms with van der Waals surface area (Å²) >= 11 is 0. The van der Waals surface area contributed by atoms with Crippen molar-refractivity contribution in [2.45, 2.75) is 0 Å². The van der Waals surface area contributed by atoms with E-state index in [-0.39, 0.29) is 12.5 Å². The lowest BCUT2D eigenvalue weighted by Gasteiger charge is -2.26. The van der Waals surface area contributed by atoms with E-state index in [4.69, 9.17) is 9.47 Å². The molecule has 0 atom stereocenters. The largest absolute Gasteiger partial charge is 0.466 e. The van der Waals surface area contributed by atoms with Crippen molar-refractivity contribution in [1.29, 1.82) is 0 Å². The summed E-state index contributed by atoms with van der Waals surface area (Å²) < 4.78 is 12.6. The predicted molar refractivity (Wildman–Crippen MR) is 86.5 cm³/mol. The third-order valence-electron chi connectivity index (χ3n) is 3.92. The Hall–Kier alpha value is -2.12. The van der Waals surface area contributed by atoms with Gasteiger partial charge in [0.15, 0.2) is 6.61 Å². The Balaban J connectivity index is 1.45. The van der Waals surface area contributed by atoms with Crippen LogP contribution in [0.4, 0.5) is 0 Å². The van der Waals surface area contributed by atoms with E-state index in [2.05, 4.69) is 15.3 Å². The van der Waals surface area contributed by atoms with Crippen LogP contribution in [0, 0.1) is 0 Å². The van der Waals surface area contributed by atoms with E-state index in [1.165, 1.54) is 0 Å². The van der Waals surface area contributed by atoms with Gasteiger partial charge in [-0.15, -0.1) is 5.10 Å². The summed E-state index contributed by atoms with van der Waals surface area (Å²) in [5.41, 5.74) is 0.982. The summed E-state index contributed by atoms with van der Waals surface area (Å²) in [7, 11) is 1.86. The van der Waals surface area contributed by atoms with Gasteiger partial charge < -0.3 is 14.8 Å². The molecule has 7 heteroatoms. The number of carbonyl (C=O) groups is 1. The van der Waals surface area contributed by atoms with Crippen molar-refractivity contribution in [3.8, 4) is 5.88 Å². The monoisotopic (exact) mass is 318 g/mol. The van der Waals surface area contributed by atoms with Gasteiger partial charge in [-0.3, -0.25) is 14.4 Å². The molecular formula is C16H22N4O3. The molecule has 2 aromatic rings. The maximum absolute atomic E-state index is 11.9. The average Bonchev–Trinajstić information content (AvgIpc) is 2.91. The van der Waals surface area contributed by atoms with Gasteiger partial charge >= 0.3 is 0 Å². The second-order valence-corrected chi connectivity index (χ2v) is 5.54. The number of hydrogen-bond acceptors (Lipinski definition) is 5. The van der Waals surface area contributed by atoms with E-state index < -0.39 is 0 Å². The summed E-state index contributed by atoms with van der Waals surface area (Å²) in [4.78, 5) is 14.2. The number of rotatable bonds is 6. The number of fused-ring (bicyclic) bond motifs is 1. The number of ether oxygens (including phenoxy) is 2. The van der Waals surface area contributed by atoms with Crippen LogP contribution < -0.4 is 10.1 Å². The van der Waals surface area contributed by atoms with Gasteiger partial charge in [-0.05, 0) is 12.1 Å². The molecule has 1 fully saturated rings. The lowest BCUT2D eigenvalue weighted by atomic mass is 10.2. The molecular weight excluding hydrogens is 296 g/mol. The number of aromatic nitrogens is 2. The highest BCUT2D eigenvalue weighted by molar-refractivity contribution is 5.85. The molecule has 2 heterocycles. The van der Waals surface area contributed by atoms with Crippen LogP contribution in [0.5, 0.6) is 5.88 Å². The van der Waals surface area contributed by atoms with Crippen LogP contribution in [-0.2, 0) is 16.6 Å². The fourth-order valence-electron chi connectivity index (χ4n) is 2.65. The molecule has 1 N–H and O–H groups in total. The first-order valence-electron chi connectivity index (χ1n) is 7.85. The zero-order valence-electron chi connectivity index (χ0n) is 13.3. The first-order chi connectivity index (χ1) is 11.2. The van der Waals surface area contributed by atoms with Crippen LogP contribution >= 0.6 is 0 Å². The molecule has 1 aliphatic rings. The van der Waals surface area contributed by atoms with E-state index in [1.54, 1.807) is 4.68 Å². The first kappa shape index (κ1) is 15.8. The molecule has 0 radical (unpaired) electrons. The number of benzene rings is 1. The molecule has 124 valence electrons. The summed E-state index contributed by atoms with van der Waals surface area (Å²) in [6.07, 6.45) is 0. The number of para-hydroxylation sites is 1. The lowest BCUT2D eigenvalue weighted by Crippen LogP contribution is -2.42. The minimum absolute atomic E-state index is 0.0237. The molecule has 1 aromatic carbocycles. The molecule has 0 unspecified atom stereocenters. The normalized spacial score (nSPS) is 15.7. The fourth-order valence-corrected chi connectivity index (χ4v) is 2.65. The maximum atomic E-state index is 11.9. The number of hydrogen-bond donors (Lipinski definition) is 1. The second kappa shape index (κ2) is 7.43. The number of aryl methyl sites for hydroxylation is 1. The number of morpholine rings is 1. The predicted octanol–water partition coefficient (Wildman–Crippen LogP) is 0.401. The van der Waals surface area contributed by atoms with E-state index >= 15 is 0 Å². The van der Waals surface area contributed by atoms with Crippen LogP contribution in [0.3, 0.4) is 0 Å². The first-order valence-corrected chi connectivity index (χ1v) is 7.85. The van der Waals surface area contributed by atoms with Crippen molar-refractivity contribution in [2.24, 2.45) is 7.05 Å². The molecule has 1 saturated heterocycles. The van der Waals surface area contributed by atoms with E-state index in [0.717, 1.165) is 43.8 Å². The highest BCUT2D eigenvalue weighted by Gasteiger charge is 2.12. The van der Waals surface area contributed by atoms with Gasteiger partial charge in [0.05, 0.1) is 24.1 Å². The van der Waals surface area contributed by atoms with Crippen molar-refractivity contribution in [1.82, 2.24) is 20.0 Å². The Morgan fingerprint density at radius 3 is 2.96 bits per heavy atom. The van der Waals surface area contributed by atoms with Crippen molar-refractivity contribution >= 4 is 16.8 Å². The van der Waals surface area contributed by atoms with Gasteiger partial charge in [-0.2, -0.15) is 0 Å². The van der Waals surface area contributed by atoms with Crippen molar-refractivity contribution in [2.75, 3.05) is 46.0 Å². The molecule has 0 bridgehead atoms. The smallest absolute Gasteiger partial charge is 0.258 e. The number of nitrogens with one attached hydrogen (secondary N) is 1. The molecule has 7 nitrogen and oxygen atoms in total. The standard InChI is InChI=1S/C16H22N4O3/c1-19-14-5-3-2-4-13(14)16(18-19)23-12-15(21)17-6-7-20-8-10-22-11-9-20/h2-5H,6-12H2,1H3,(H,17,21). The highest BCUT2D eigenvalue weighted by atomic mass is 16.5. The summed E-state index contributed by atoms with van der Waals surface area (Å²) in [5.74, 6) is 0.361. The number of nitrogens with zero attached hydrogens (tertiary/aromatic N) is 3. The minimum atomic E-state index is -0.131. The van der Waals surface area contributed by atoms with Gasteiger partial charge in [-0.1, -0.05) is 12.1 Å². The van der Waals surface area contributed by atoms with E-state index in [9.17, 15) is 4.79 Å². The zero-order chi connectivity index (χ0) is 16.1. The third-order valence-corrected chi connectivity index (χ3v) is 3.92.